The van der Waals surface area contributed by atoms with Crippen molar-refractivity contribution in [3.05, 3.63) is 59.9 Å². The number of benzene rings is 2. The van der Waals surface area contributed by atoms with Crippen LogP contribution in [0.5, 0.6) is 0 Å². The Morgan fingerprint density at radius 3 is 2.42 bits per heavy atom. The third kappa shape index (κ3) is 6.52. The van der Waals surface area contributed by atoms with Crippen molar-refractivity contribution in [2.45, 2.75) is 25.9 Å². The van der Waals surface area contributed by atoms with E-state index in [0.29, 0.717) is 12.2 Å². The van der Waals surface area contributed by atoms with E-state index in [0.717, 1.165) is 11.3 Å². The normalized spacial score (nSPS) is 11.5. The fourth-order valence-electron chi connectivity index (χ4n) is 2.41. The second kappa shape index (κ2) is 9.53. The van der Waals surface area contributed by atoms with Crippen molar-refractivity contribution in [2.75, 3.05) is 17.2 Å². The molecule has 138 valence electrons. The molecule has 0 aliphatic rings. The van der Waals surface area contributed by atoms with Crippen LogP contribution in [0.4, 0.5) is 15.8 Å². The summed E-state index contributed by atoms with van der Waals surface area (Å²) in [6.07, 6.45) is -0.0182. The van der Waals surface area contributed by atoms with Crippen LogP contribution >= 0.6 is 0 Å². The van der Waals surface area contributed by atoms with Gasteiger partial charge < -0.3 is 21.1 Å². The van der Waals surface area contributed by atoms with E-state index >= 15 is 0 Å². The summed E-state index contributed by atoms with van der Waals surface area (Å²) in [4.78, 5) is 23.0. The summed E-state index contributed by atoms with van der Waals surface area (Å²) in [5.41, 5.74) is 2.26. The molecule has 0 saturated carbocycles. The van der Waals surface area contributed by atoms with Gasteiger partial charge in [-0.3, -0.25) is 9.59 Å². The summed E-state index contributed by atoms with van der Waals surface area (Å²) >= 11 is 0. The zero-order chi connectivity index (χ0) is 18.9. The van der Waals surface area contributed by atoms with Crippen LogP contribution in [0.2, 0.25) is 0 Å². The smallest absolute Gasteiger partial charge is 0.226 e. The average Bonchev–Trinajstić information content (AvgIpc) is 2.60. The SMILES string of the molecule is CC(=O)NC(CO)CC(=O)Nc1ccc(NCc2cccc(F)c2)cc1. The molecule has 2 rings (SSSR count). The first-order valence-corrected chi connectivity index (χ1v) is 8.22. The summed E-state index contributed by atoms with van der Waals surface area (Å²) in [5.74, 6) is -0.883. The lowest BCUT2D eigenvalue weighted by molar-refractivity contribution is -0.120. The van der Waals surface area contributed by atoms with Gasteiger partial charge in [0.2, 0.25) is 11.8 Å². The first-order valence-electron chi connectivity index (χ1n) is 8.22. The van der Waals surface area contributed by atoms with Gasteiger partial charge in [-0.1, -0.05) is 12.1 Å². The quantitative estimate of drug-likeness (QED) is 0.582. The van der Waals surface area contributed by atoms with Crippen LogP contribution in [0.25, 0.3) is 0 Å². The Morgan fingerprint density at radius 2 is 1.81 bits per heavy atom. The molecular weight excluding hydrogens is 337 g/mol. The molecule has 7 heteroatoms. The highest BCUT2D eigenvalue weighted by Gasteiger charge is 2.14. The predicted octanol–water partition coefficient (Wildman–Crippen LogP) is 2.26. The van der Waals surface area contributed by atoms with E-state index in [4.69, 9.17) is 5.11 Å². The Hall–Kier alpha value is -2.93. The lowest BCUT2D eigenvalue weighted by atomic mass is 10.2. The summed E-state index contributed by atoms with van der Waals surface area (Å²) in [6, 6.07) is 12.8. The van der Waals surface area contributed by atoms with Crippen molar-refractivity contribution < 1.29 is 19.1 Å². The maximum absolute atomic E-state index is 13.1. The van der Waals surface area contributed by atoms with Gasteiger partial charge in [-0.05, 0) is 42.0 Å². The first-order chi connectivity index (χ1) is 12.5. The Bertz CT molecular complexity index is 750. The molecule has 0 bridgehead atoms. The molecule has 0 aromatic heterocycles. The number of hydrogen-bond donors (Lipinski definition) is 4. The molecule has 0 fully saturated rings. The van der Waals surface area contributed by atoms with Gasteiger partial charge in [-0.25, -0.2) is 4.39 Å². The van der Waals surface area contributed by atoms with E-state index < -0.39 is 6.04 Å². The summed E-state index contributed by atoms with van der Waals surface area (Å²) in [5, 5.41) is 17.6. The van der Waals surface area contributed by atoms with Gasteiger partial charge in [0.15, 0.2) is 0 Å². The van der Waals surface area contributed by atoms with E-state index in [-0.39, 0.29) is 30.7 Å². The van der Waals surface area contributed by atoms with Gasteiger partial charge in [-0.2, -0.15) is 0 Å². The molecule has 0 spiro atoms. The van der Waals surface area contributed by atoms with Gasteiger partial charge in [0.05, 0.1) is 12.6 Å². The van der Waals surface area contributed by atoms with E-state index in [1.807, 2.05) is 6.07 Å². The van der Waals surface area contributed by atoms with Gasteiger partial charge in [-0.15, -0.1) is 0 Å². The van der Waals surface area contributed by atoms with Gasteiger partial charge in [0, 0.05) is 31.3 Å². The second-order valence-electron chi connectivity index (χ2n) is 5.89. The molecule has 0 heterocycles. The zero-order valence-corrected chi connectivity index (χ0v) is 14.5. The molecule has 0 radical (unpaired) electrons. The third-order valence-corrected chi connectivity index (χ3v) is 3.61. The topological polar surface area (TPSA) is 90.5 Å². The molecule has 2 aromatic carbocycles. The summed E-state index contributed by atoms with van der Waals surface area (Å²) < 4.78 is 13.1. The van der Waals surface area contributed by atoms with Crippen LogP contribution < -0.4 is 16.0 Å². The molecule has 2 amide bonds. The monoisotopic (exact) mass is 359 g/mol. The molecule has 26 heavy (non-hydrogen) atoms. The summed E-state index contributed by atoms with van der Waals surface area (Å²) in [6.45, 7) is 1.50. The maximum atomic E-state index is 13.1. The number of carbonyl (C=O) groups excluding carboxylic acids is 2. The molecule has 0 aliphatic heterocycles. The highest BCUT2D eigenvalue weighted by molar-refractivity contribution is 5.91. The van der Waals surface area contributed by atoms with Crippen molar-refractivity contribution >= 4 is 23.2 Å². The minimum Gasteiger partial charge on any atom is -0.394 e. The van der Waals surface area contributed by atoms with Crippen LogP contribution in [0, 0.1) is 5.82 Å². The van der Waals surface area contributed by atoms with Crippen LogP contribution in [0.15, 0.2) is 48.5 Å². The zero-order valence-electron chi connectivity index (χ0n) is 14.5. The number of aliphatic hydroxyl groups is 1. The molecule has 0 aliphatic carbocycles. The van der Waals surface area contributed by atoms with Crippen LogP contribution in [0.1, 0.15) is 18.9 Å². The van der Waals surface area contributed by atoms with Crippen molar-refractivity contribution in [3.63, 3.8) is 0 Å². The highest BCUT2D eigenvalue weighted by Crippen LogP contribution is 2.15. The number of nitrogens with one attached hydrogen (secondary N) is 3. The number of halogens is 1. The Morgan fingerprint density at radius 1 is 1.12 bits per heavy atom. The Balaban J connectivity index is 1.84. The standard InChI is InChI=1S/C19H22FN3O3/c1-13(25)22-18(12-24)10-19(26)23-17-7-5-16(6-8-17)21-11-14-3-2-4-15(20)9-14/h2-9,18,21,24H,10-12H2,1H3,(H,22,25)(H,23,26). The third-order valence-electron chi connectivity index (χ3n) is 3.61. The van der Waals surface area contributed by atoms with Crippen molar-refractivity contribution in [1.29, 1.82) is 0 Å². The van der Waals surface area contributed by atoms with Crippen molar-refractivity contribution in [2.24, 2.45) is 0 Å². The number of carbonyl (C=O) groups is 2. The second-order valence-corrected chi connectivity index (χ2v) is 5.89. The van der Waals surface area contributed by atoms with E-state index in [1.165, 1.54) is 19.1 Å². The number of anilines is 2. The molecule has 4 N–H and O–H groups in total. The fourth-order valence-corrected chi connectivity index (χ4v) is 2.41. The minimum absolute atomic E-state index is 0.0182. The Kier molecular flexibility index (Phi) is 7.11. The number of rotatable bonds is 8. The van der Waals surface area contributed by atoms with E-state index in [2.05, 4.69) is 16.0 Å². The van der Waals surface area contributed by atoms with Gasteiger partial charge >= 0.3 is 0 Å². The van der Waals surface area contributed by atoms with Crippen LogP contribution in [-0.4, -0.2) is 29.6 Å². The fraction of sp³-hybridized carbons (Fsp3) is 0.263. The average molecular weight is 359 g/mol. The lowest BCUT2D eigenvalue weighted by Crippen LogP contribution is -2.38. The van der Waals surface area contributed by atoms with E-state index in [9.17, 15) is 14.0 Å². The van der Waals surface area contributed by atoms with Crippen molar-refractivity contribution in [1.82, 2.24) is 5.32 Å². The maximum Gasteiger partial charge on any atom is 0.226 e. The number of aliphatic hydroxyl groups excluding tert-OH is 1. The van der Waals surface area contributed by atoms with Crippen LogP contribution in [0.3, 0.4) is 0 Å². The number of hydrogen-bond acceptors (Lipinski definition) is 4. The Labute approximate surface area is 151 Å². The molecule has 1 unspecified atom stereocenters. The number of amides is 2. The predicted molar refractivity (Wildman–Crippen MR) is 98.1 cm³/mol. The van der Waals surface area contributed by atoms with E-state index in [1.54, 1.807) is 30.3 Å². The molecular formula is C19H22FN3O3. The molecule has 1 atom stereocenters. The molecule has 6 nitrogen and oxygen atoms in total. The largest absolute Gasteiger partial charge is 0.394 e. The minimum atomic E-state index is -0.611. The summed E-state index contributed by atoms with van der Waals surface area (Å²) in [7, 11) is 0. The van der Waals surface area contributed by atoms with Crippen LogP contribution in [-0.2, 0) is 16.1 Å². The first kappa shape index (κ1) is 19.4. The van der Waals surface area contributed by atoms with Gasteiger partial charge in [0.25, 0.3) is 0 Å². The van der Waals surface area contributed by atoms with Gasteiger partial charge in [0.1, 0.15) is 5.82 Å². The van der Waals surface area contributed by atoms with Crippen molar-refractivity contribution in [3.8, 4) is 0 Å². The lowest BCUT2D eigenvalue weighted by Gasteiger charge is -2.15. The highest BCUT2D eigenvalue weighted by atomic mass is 19.1. The molecule has 2 aromatic rings. The molecule has 0 saturated heterocycles.